The number of halogens is 1. The summed E-state index contributed by atoms with van der Waals surface area (Å²) in [6, 6.07) is 10.9. The van der Waals surface area contributed by atoms with E-state index < -0.39 is 11.9 Å². The maximum absolute atomic E-state index is 14.2. The molecule has 1 unspecified atom stereocenters. The highest BCUT2D eigenvalue weighted by molar-refractivity contribution is 5.87. The number of hydrogen-bond acceptors (Lipinski definition) is 4. The van der Waals surface area contributed by atoms with E-state index in [4.69, 9.17) is 4.74 Å². The monoisotopic (exact) mass is 310 g/mol. The molecule has 0 spiro atoms. The lowest BCUT2D eigenvalue weighted by atomic mass is 10.1. The minimum atomic E-state index is -0.808. The van der Waals surface area contributed by atoms with Crippen molar-refractivity contribution in [1.82, 2.24) is 4.98 Å². The van der Waals surface area contributed by atoms with Gasteiger partial charge in [-0.15, -0.1) is 0 Å². The van der Waals surface area contributed by atoms with Gasteiger partial charge in [0.15, 0.2) is 5.52 Å². The van der Waals surface area contributed by atoms with Gasteiger partial charge in [0, 0.05) is 5.56 Å². The molecule has 2 heterocycles. The van der Waals surface area contributed by atoms with E-state index in [1.807, 2.05) is 24.3 Å². The van der Waals surface area contributed by atoms with Gasteiger partial charge < -0.3 is 4.74 Å². The second kappa shape index (κ2) is 5.01. The predicted octanol–water partition coefficient (Wildman–Crippen LogP) is 2.48. The largest absolute Gasteiger partial charge is 0.497 e. The minimum absolute atomic E-state index is 0.245. The Hall–Kier alpha value is -3.02. The Balaban J connectivity index is 1.86. The third kappa shape index (κ3) is 2.03. The van der Waals surface area contributed by atoms with Crippen molar-refractivity contribution in [1.29, 1.82) is 0 Å². The van der Waals surface area contributed by atoms with Gasteiger partial charge in [0.25, 0.3) is 0 Å². The Kier molecular flexibility index (Phi) is 2.97. The Morgan fingerprint density at radius 2 is 2.09 bits per heavy atom. The number of anilines is 1. The smallest absolute Gasteiger partial charge is 0.364 e. The highest BCUT2D eigenvalue weighted by Crippen LogP contribution is 2.29. The van der Waals surface area contributed by atoms with Crippen LogP contribution in [0, 0.1) is 5.82 Å². The summed E-state index contributed by atoms with van der Waals surface area (Å²) in [7, 11) is 1.50. The molecule has 4 rings (SSSR count). The first-order valence-electron chi connectivity index (χ1n) is 7.13. The van der Waals surface area contributed by atoms with E-state index in [1.165, 1.54) is 29.9 Å². The van der Waals surface area contributed by atoms with Crippen LogP contribution in [0.3, 0.4) is 0 Å². The van der Waals surface area contributed by atoms with Crippen LogP contribution >= 0.6 is 0 Å². The van der Waals surface area contributed by atoms with Crippen molar-refractivity contribution >= 4 is 22.8 Å². The topological polar surface area (TPSA) is 55.1 Å². The maximum atomic E-state index is 14.2. The maximum Gasteiger partial charge on any atom is 0.364 e. The van der Waals surface area contributed by atoms with Crippen LogP contribution in [-0.2, 0) is 0 Å². The zero-order chi connectivity index (χ0) is 16.0. The molecule has 1 aliphatic heterocycles. The molecule has 2 aromatic carbocycles. The number of carbonyl (C=O) groups is 1. The van der Waals surface area contributed by atoms with Gasteiger partial charge in [-0.2, -0.15) is 4.57 Å². The number of para-hydroxylation sites is 2. The van der Waals surface area contributed by atoms with Crippen LogP contribution in [0.15, 0.2) is 48.7 Å². The zero-order valence-electron chi connectivity index (χ0n) is 12.3. The second-order valence-corrected chi connectivity index (χ2v) is 5.27. The normalized spacial score (nSPS) is 16.3. The average Bonchev–Trinajstić information content (AvgIpc) is 2.92. The van der Waals surface area contributed by atoms with Crippen molar-refractivity contribution in [3.05, 3.63) is 60.0 Å². The number of methoxy groups -OCH3 is 1. The predicted molar refractivity (Wildman–Crippen MR) is 81.9 cm³/mol. The summed E-state index contributed by atoms with van der Waals surface area (Å²) in [5.41, 5.74) is 1.65. The Bertz CT molecular complexity index is 942. The molecule has 0 radical (unpaired) electrons. The number of hydrogen-bond donors (Lipinski definition) is 1. The summed E-state index contributed by atoms with van der Waals surface area (Å²) in [6.07, 6.45) is 1.58. The van der Waals surface area contributed by atoms with Gasteiger partial charge in [-0.3, -0.25) is 5.32 Å². The van der Waals surface area contributed by atoms with Crippen molar-refractivity contribution in [3.8, 4) is 5.75 Å². The van der Waals surface area contributed by atoms with E-state index in [1.54, 1.807) is 6.20 Å². The van der Waals surface area contributed by atoms with Crippen molar-refractivity contribution in [2.45, 2.75) is 6.04 Å². The summed E-state index contributed by atoms with van der Waals surface area (Å²) in [4.78, 5) is 17.1. The number of carbonyl (C=O) groups excluding carboxylic acids is 1. The SMILES string of the molecule is COc1ccc(F)c(C2Nc3cnc4ccccc4[n+]3C2=O)c1. The van der Waals surface area contributed by atoms with E-state index in [0.29, 0.717) is 22.6 Å². The number of nitrogens with one attached hydrogen (secondary N) is 1. The molecule has 1 atom stereocenters. The third-order valence-corrected chi connectivity index (χ3v) is 3.96. The minimum Gasteiger partial charge on any atom is -0.497 e. The summed E-state index contributed by atoms with van der Waals surface area (Å²) in [5, 5.41) is 3.04. The highest BCUT2D eigenvalue weighted by atomic mass is 19.1. The quantitative estimate of drug-likeness (QED) is 0.739. The van der Waals surface area contributed by atoms with Crippen molar-refractivity contribution in [3.63, 3.8) is 0 Å². The summed E-state index contributed by atoms with van der Waals surface area (Å²) >= 11 is 0. The Morgan fingerprint density at radius 3 is 2.91 bits per heavy atom. The van der Waals surface area contributed by atoms with Gasteiger partial charge in [0.1, 0.15) is 23.3 Å². The van der Waals surface area contributed by atoms with Crippen LogP contribution in [0.5, 0.6) is 5.75 Å². The van der Waals surface area contributed by atoms with Gasteiger partial charge in [0.05, 0.1) is 7.11 Å². The number of rotatable bonds is 2. The van der Waals surface area contributed by atoms with E-state index in [9.17, 15) is 9.18 Å². The fraction of sp³-hybridized carbons (Fsp3) is 0.118. The summed E-state index contributed by atoms with van der Waals surface area (Å²) in [5.74, 6) is 0.342. The van der Waals surface area contributed by atoms with Crippen LogP contribution in [0.25, 0.3) is 11.0 Å². The zero-order valence-corrected chi connectivity index (χ0v) is 12.3. The van der Waals surface area contributed by atoms with Gasteiger partial charge in [-0.05, 0) is 30.3 Å². The van der Waals surface area contributed by atoms with E-state index in [-0.39, 0.29) is 11.5 Å². The molecule has 0 aliphatic carbocycles. The first-order chi connectivity index (χ1) is 11.2. The number of fused-ring (bicyclic) bond motifs is 3. The first-order valence-corrected chi connectivity index (χ1v) is 7.13. The van der Waals surface area contributed by atoms with Gasteiger partial charge in [-0.1, -0.05) is 12.1 Å². The van der Waals surface area contributed by atoms with Gasteiger partial charge in [0.2, 0.25) is 6.04 Å². The molecule has 3 aromatic rings. The molecule has 1 aliphatic rings. The fourth-order valence-corrected chi connectivity index (χ4v) is 2.84. The van der Waals surface area contributed by atoms with Crippen molar-refractivity contribution < 1.29 is 18.5 Å². The molecule has 5 nitrogen and oxygen atoms in total. The number of nitrogens with zero attached hydrogens (tertiary/aromatic N) is 2. The molecule has 0 saturated heterocycles. The summed E-state index contributed by atoms with van der Waals surface area (Å²) < 4.78 is 20.9. The van der Waals surface area contributed by atoms with Crippen molar-refractivity contribution in [2.24, 2.45) is 0 Å². The summed E-state index contributed by atoms with van der Waals surface area (Å²) in [6.45, 7) is 0. The highest BCUT2D eigenvalue weighted by Gasteiger charge is 2.42. The van der Waals surface area contributed by atoms with Gasteiger partial charge in [-0.25, -0.2) is 14.2 Å². The average molecular weight is 310 g/mol. The molecule has 0 fully saturated rings. The van der Waals surface area contributed by atoms with Gasteiger partial charge >= 0.3 is 11.7 Å². The van der Waals surface area contributed by atoms with Crippen LogP contribution in [-0.4, -0.2) is 18.0 Å². The van der Waals surface area contributed by atoms with Crippen LogP contribution in [0.1, 0.15) is 16.4 Å². The van der Waals surface area contributed by atoms with E-state index in [2.05, 4.69) is 10.3 Å². The lowest BCUT2D eigenvalue weighted by Crippen LogP contribution is -2.41. The van der Waals surface area contributed by atoms with Crippen LogP contribution in [0.2, 0.25) is 0 Å². The van der Waals surface area contributed by atoms with Crippen LogP contribution in [0.4, 0.5) is 10.2 Å². The molecular weight excluding hydrogens is 297 g/mol. The standard InChI is InChI=1S/C17H12FN3O2/c1-23-10-6-7-12(18)11(8-10)16-17(22)21-14-5-3-2-4-13(14)19-9-15(21)20-16/h2-9,16H,1H3/p+1. The molecule has 114 valence electrons. The van der Waals surface area contributed by atoms with E-state index >= 15 is 0 Å². The Labute approximate surface area is 131 Å². The molecule has 0 saturated carbocycles. The molecule has 1 N–H and O–H groups in total. The second-order valence-electron chi connectivity index (χ2n) is 5.27. The molecule has 23 heavy (non-hydrogen) atoms. The number of ether oxygens (including phenoxy) is 1. The lowest BCUT2D eigenvalue weighted by molar-refractivity contribution is -0.524. The number of aromatic nitrogens is 2. The first kappa shape index (κ1) is 13.6. The van der Waals surface area contributed by atoms with Crippen LogP contribution < -0.4 is 14.6 Å². The third-order valence-electron chi connectivity index (χ3n) is 3.96. The number of benzene rings is 2. The molecule has 6 heteroatoms. The molecular formula is C17H13FN3O2+. The Morgan fingerprint density at radius 1 is 1.26 bits per heavy atom. The molecule has 1 aromatic heterocycles. The van der Waals surface area contributed by atoms with Crippen molar-refractivity contribution in [2.75, 3.05) is 12.4 Å². The fourth-order valence-electron chi connectivity index (χ4n) is 2.84. The van der Waals surface area contributed by atoms with E-state index in [0.717, 1.165) is 0 Å². The molecule has 0 amide bonds. The molecule has 0 bridgehead atoms. The lowest BCUT2D eigenvalue weighted by Gasteiger charge is -2.07.